The van der Waals surface area contributed by atoms with Crippen LogP contribution in [0.2, 0.25) is 0 Å². The Labute approximate surface area is 181 Å². The number of carbonyl (C=O) groups is 1. The van der Waals surface area contributed by atoms with Gasteiger partial charge in [-0.2, -0.15) is 4.98 Å². The van der Waals surface area contributed by atoms with Gasteiger partial charge >= 0.3 is 0 Å². The molecule has 0 radical (unpaired) electrons. The average molecular weight is 425 g/mol. The SMILES string of the molecule is Cc1cc(-c2nc(-c3ccc(CC(=O)NC(CO)CO)cc3)no2)cc(CC(C)C)n1. The van der Waals surface area contributed by atoms with Crippen LogP contribution in [0.3, 0.4) is 0 Å². The molecule has 0 fully saturated rings. The van der Waals surface area contributed by atoms with E-state index in [4.69, 9.17) is 14.7 Å². The van der Waals surface area contributed by atoms with Gasteiger partial charge in [0.15, 0.2) is 0 Å². The molecule has 1 amide bonds. The number of aryl methyl sites for hydroxylation is 1. The molecule has 3 rings (SSSR count). The summed E-state index contributed by atoms with van der Waals surface area (Å²) in [5, 5.41) is 24.8. The third kappa shape index (κ3) is 6.19. The summed E-state index contributed by atoms with van der Waals surface area (Å²) in [5.41, 5.74) is 4.31. The van der Waals surface area contributed by atoms with Crippen molar-refractivity contribution in [3.63, 3.8) is 0 Å². The molecule has 0 atom stereocenters. The molecule has 2 heterocycles. The second-order valence-corrected chi connectivity index (χ2v) is 8.01. The number of aliphatic hydroxyl groups is 2. The molecule has 0 aliphatic rings. The lowest BCUT2D eigenvalue weighted by atomic mass is 10.1. The number of amides is 1. The Kier molecular flexibility index (Phi) is 7.49. The Morgan fingerprint density at radius 2 is 1.77 bits per heavy atom. The van der Waals surface area contributed by atoms with Gasteiger partial charge in [0.2, 0.25) is 11.7 Å². The molecule has 0 unspecified atom stereocenters. The van der Waals surface area contributed by atoms with E-state index >= 15 is 0 Å². The van der Waals surface area contributed by atoms with Crippen LogP contribution in [-0.4, -0.2) is 50.5 Å². The Hall–Kier alpha value is -3.10. The van der Waals surface area contributed by atoms with Gasteiger partial charge in [-0.15, -0.1) is 0 Å². The van der Waals surface area contributed by atoms with E-state index in [1.807, 2.05) is 43.3 Å². The van der Waals surface area contributed by atoms with Crippen LogP contribution in [0.15, 0.2) is 40.9 Å². The lowest BCUT2D eigenvalue weighted by molar-refractivity contribution is -0.121. The fraction of sp³-hybridized carbons (Fsp3) is 0.391. The zero-order chi connectivity index (χ0) is 22.4. The van der Waals surface area contributed by atoms with Gasteiger partial charge in [0.05, 0.1) is 25.7 Å². The summed E-state index contributed by atoms with van der Waals surface area (Å²) in [6.45, 7) is 5.64. The number of nitrogens with one attached hydrogen (secondary N) is 1. The van der Waals surface area contributed by atoms with E-state index in [-0.39, 0.29) is 25.5 Å². The van der Waals surface area contributed by atoms with E-state index in [2.05, 4.69) is 34.3 Å². The van der Waals surface area contributed by atoms with Crippen LogP contribution in [0.4, 0.5) is 0 Å². The van der Waals surface area contributed by atoms with Crippen molar-refractivity contribution in [2.24, 2.45) is 5.92 Å². The highest BCUT2D eigenvalue weighted by Gasteiger charge is 2.14. The van der Waals surface area contributed by atoms with Gasteiger partial charge in [-0.05, 0) is 37.0 Å². The molecule has 0 aliphatic heterocycles. The van der Waals surface area contributed by atoms with E-state index in [1.54, 1.807) is 0 Å². The van der Waals surface area contributed by atoms with Gasteiger partial charge in [-0.25, -0.2) is 0 Å². The van der Waals surface area contributed by atoms with Crippen LogP contribution in [0.5, 0.6) is 0 Å². The first kappa shape index (κ1) is 22.6. The lowest BCUT2D eigenvalue weighted by Gasteiger charge is -2.13. The molecule has 1 aromatic carbocycles. The van der Waals surface area contributed by atoms with E-state index in [0.29, 0.717) is 17.6 Å². The number of aliphatic hydroxyl groups excluding tert-OH is 2. The minimum absolute atomic E-state index is 0.142. The molecule has 3 N–H and O–H groups in total. The maximum atomic E-state index is 12.0. The first-order valence-electron chi connectivity index (χ1n) is 10.3. The minimum Gasteiger partial charge on any atom is -0.394 e. The Balaban J connectivity index is 1.72. The summed E-state index contributed by atoms with van der Waals surface area (Å²) in [7, 11) is 0. The van der Waals surface area contributed by atoms with Gasteiger partial charge in [-0.1, -0.05) is 43.3 Å². The predicted molar refractivity (Wildman–Crippen MR) is 116 cm³/mol. The Morgan fingerprint density at radius 1 is 1.06 bits per heavy atom. The number of benzene rings is 1. The molecule has 8 heteroatoms. The van der Waals surface area contributed by atoms with Crippen LogP contribution in [-0.2, 0) is 17.6 Å². The highest BCUT2D eigenvalue weighted by molar-refractivity contribution is 5.79. The zero-order valence-corrected chi connectivity index (χ0v) is 18.0. The second-order valence-electron chi connectivity index (χ2n) is 8.01. The van der Waals surface area contributed by atoms with Gasteiger partial charge in [0.1, 0.15) is 0 Å². The maximum absolute atomic E-state index is 12.0. The fourth-order valence-corrected chi connectivity index (χ4v) is 3.23. The summed E-state index contributed by atoms with van der Waals surface area (Å²) in [4.78, 5) is 21.1. The third-order valence-electron chi connectivity index (χ3n) is 4.68. The van der Waals surface area contributed by atoms with E-state index in [9.17, 15) is 4.79 Å². The largest absolute Gasteiger partial charge is 0.394 e. The van der Waals surface area contributed by atoms with Crippen molar-refractivity contribution >= 4 is 5.91 Å². The number of nitrogens with zero attached hydrogens (tertiary/aromatic N) is 3. The smallest absolute Gasteiger partial charge is 0.258 e. The second kappa shape index (κ2) is 10.3. The van der Waals surface area contributed by atoms with Crippen LogP contribution in [0, 0.1) is 12.8 Å². The maximum Gasteiger partial charge on any atom is 0.258 e. The first-order valence-corrected chi connectivity index (χ1v) is 10.3. The normalized spacial score (nSPS) is 11.3. The third-order valence-corrected chi connectivity index (χ3v) is 4.68. The van der Waals surface area contributed by atoms with Crippen molar-refractivity contribution in [1.82, 2.24) is 20.4 Å². The lowest BCUT2D eigenvalue weighted by Crippen LogP contribution is -2.40. The average Bonchev–Trinajstić information content (AvgIpc) is 3.22. The molecule has 2 aromatic heterocycles. The van der Waals surface area contributed by atoms with Crippen LogP contribution < -0.4 is 5.32 Å². The molecule has 31 heavy (non-hydrogen) atoms. The van der Waals surface area contributed by atoms with Gasteiger partial charge in [0, 0.05) is 22.5 Å². The number of carbonyl (C=O) groups excluding carboxylic acids is 1. The summed E-state index contributed by atoms with van der Waals surface area (Å²) in [6, 6.07) is 10.5. The standard InChI is InChI=1S/C23H28N4O4/c1-14(2)8-19-11-18(9-15(3)24-19)23-26-22(27-31-23)17-6-4-16(5-7-17)10-21(30)25-20(12-28)13-29/h4-7,9,11,14,20,28-29H,8,10,12-13H2,1-3H3,(H,25,30). The van der Waals surface area contributed by atoms with Crippen molar-refractivity contribution in [1.29, 1.82) is 0 Å². The summed E-state index contributed by atoms with van der Waals surface area (Å²) in [6.07, 6.45) is 1.02. The molecular weight excluding hydrogens is 396 g/mol. The number of pyridine rings is 1. The van der Waals surface area contributed by atoms with Crippen molar-refractivity contribution in [2.75, 3.05) is 13.2 Å². The van der Waals surface area contributed by atoms with Crippen molar-refractivity contribution in [3.05, 3.63) is 53.3 Å². The monoisotopic (exact) mass is 424 g/mol. The summed E-state index contributed by atoms with van der Waals surface area (Å²) in [5.74, 6) is 1.13. The topological polar surface area (TPSA) is 121 Å². The summed E-state index contributed by atoms with van der Waals surface area (Å²) >= 11 is 0. The number of hydrogen-bond donors (Lipinski definition) is 3. The molecule has 0 spiro atoms. The Bertz CT molecular complexity index is 1010. The van der Waals surface area contributed by atoms with Crippen LogP contribution in [0.25, 0.3) is 22.8 Å². The molecule has 8 nitrogen and oxygen atoms in total. The van der Waals surface area contributed by atoms with Gasteiger partial charge < -0.3 is 20.1 Å². The quantitative estimate of drug-likeness (QED) is 0.482. The first-order chi connectivity index (χ1) is 14.9. The fourth-order valence-electron chi connectivity index (χ4n) is 3.23. The predicted octanol–water partition coefficient (Wildman–Crippen LogP) is 2.32. The molecule has 0 aliphatic carbocycles. The van der Waals surface area contributed by atoms with Crippen molar-refractivity contribution in [2.45, 2.75) is 39.7 Å². The number of hydrogen-bond acceptors (Lipinski definition) is 7. The highest BCUT2D eigenvalue weighted by atomic mass is 16.5. The van der Waals surface area contributed by atoms with Crippen molar-refractivity contribution in [3.8, 4) is 22.8 Å². The van der Waals surface area contributed by atoms with E-state index in [1.165, 1.54) is 0 Å². The zero-order valence-electron chi connectivity index (χ0n) is 18.0. The minimum atomic E-state index is -0.651. The van der Waals surface area contributed by atoms with E-state index in [0.717, 1.165) is 34.5 Å². The summed E-state index contributed by atoms with van der Waals surface area (Å²) < 4.78 is 5.48. The molecular formula is C23H28N4O4. The molecule has 164 valence electrons. The number of aromatic nitrogens is 3. The van der Waals surface area contributed by atoms with Gasteiger partial charge in [-0.3, -0.25) is 9.78 Å². The molecule has 0 bridgehead atoms. The van der Waals surface area contributed by atoms with E-state index < -0.39 is 6.04 Å². The molecule has 0 saturated carbocycles. The van der Waals surface area contributed by atoms with Crippen LogP contribution >= 0.6 is 0 Å². The molecule has 0 saturated heterocycles. The van der Waals surface area contributed by atoms with Crippen LogP contribution in [0.1, 0.15) is 30.8 Å². The molecule has 3 aromatic rings. The number of rotatable bonds is 9. The van der Waals surface area contributed by atoms with Crippen molar-refractivity contribution < 1.29 is 19.5 Å². The highest BCUT2D eigenvalue weighted by Crippen LogP contribution is 2.24. The Morgan fingerprint density at radius 3 is 2.42 bits per heavy atom. The van der Waals surface area contributed by atoms with Gasteiger partial charge in [0.25, 0.3) is 5.89 Å².